The monoisotopic (exact) mass is 478 g/mol. The Morgan fingerprint density at radius 2 is 2.03 bits per heavy atom. The van der Waals surface area contributed by atoms with Crippen LogP contribution in [0, 0.1) is 17.5 Å². The largest absolute Gasteiger partial charge is 0.330 e. The number of carbonyl (C=O) groups excluding carboxylic acids is 1. The number of amides is 2. The quantitative estimate of drug-likeness (QED) is 0.455. The third-order valence-electron chi connectivity index (χ3n) is 7.70. The highest BCUT2D eigenvalue weighted by atomic mass is 32.1. The number of thiophene rings is 1. The number of carbonyl (C=O) groups is 1. The third-order valence-corrected chi connectivity index (χ3v) is 8.63. The van der Waals surface area contributed by atoms with Crippen LogP contribution in [0.5, 0.6) is 0 Å². The van der Waals surface area contributed by atoms with Crippen LogP contribution < -0.4 is 10.6 Å². The van der Waals surface area contributed by atoms with Gasteiger partial charge in [0.25, 0.3) is 0 Å². The zero-order valence-corrected chi connectivity index (χ0v) is 20.7. The molecule has 0 bridgehead atoms. The van der Waals surface area contributed by atoms with E-state index in [1.165, 1.54) is 16.9 Å². The van der Waals surface area contributed by atoms with E-state index in [9.17, 15) is 9.18 Å². The smallest absolute Gasteiger partial charge is 0.319 e. The summed E-state index contributed by atoms with van der Waals surface area (Å²) in [6.45, 7) is 8.25. The molecule has 1 fully saturated rings. The predicted octanol–water partition coefficient (Wildman–Crippen LogP) is 6.03. The molecule has 0 aliphatic carbocycles. The van der Waals surface area contributed by atoms with Gasteiger partial charge >= 0.3 is 6.03 Å². The second-order valence-electron chi connectivity index (χ2n) is 10.1. The van der Waals surface area contributed by atoms with Crippen molar-refractivity contribution in [2.45, 2.75) is 51.6 Å². The molecule has 0 radical (unpaired) electrons. The van der Waals surface area contributed by atoms with Crippen LogP contribution in [0.2, 0.25) is 0 Å². The van der Waals surface area contributed by atoms with Crippen LogP contribution in [0.3, 0.4) is 0 Å². The molecule has 3 aromatic rings. The van der Waals surface area contributed by atoms with E-state index in [4.69, 9.17) is 0 Å². The Morgan fingerprint density at radius 1 is 1.21 bits per heavy atom. The minimum Gasteiger partial charge on any atom is -0.330 e. The maximum atomic E-state index is 13.7. The van der Waals surface area contributed by atoms with Gasteiger partial charge in [0, 0.05) is 40.0 Å². The third kappa shape index (κ3) is 4.23. The average molecular weight is 479 g/mol. The molecular formula is C27H31FN4OS. The maximum absolute atomic E-state index is 13.7. The number of para-hydroxylation sites is 1. The molecule has 4 heterocycles. The molecular weight excluding hydrogens is 447 g/mol. The van der Waals surface area contributed by atoms with E-state index in [1.54, 1.807) is 6.07 Å². The highest BCUT2D eigenvalue weighted by Crippen LogP contribution is 2.51. The number of nitrogens with one attached hydrogen (secondary N) is 2. The summed E-state index contributed by atoms with van der Waals surface area (Å²) < 4.78 is 13.7. The summed E-state index contributed by atoms with van der Waals surface area (Å²) in [6, 6.07) is 15.5. The average Bonchev–Trinajstić information content (AvgIpc) is 3.45. The molecule has 0 unspecified atom stereocenters. The number of benzene rings is 1. The summed E-state index contributed by atoms with van der Waals surface area (Å²) in [5.74, 6) is 0. The van der Waals surface area contributed by atoms with Crippen molar-refractivity contribution in [3.8, 4) is 0 Å². The molecule has 2 aromatic heterocycles. The lowest BCUT2D eigenvalue weighted by Crippen LogP contribution is -2.49. The SMILES string of the molecule is Cc1ccc(C(C)(C)N2CC[C@@](CCc3ccc(F)s3)([C@@H]3NC(=O)Nc4ccccc43)C2)cn1. The van der Waals surface area contributed by atoms with Crippen LogP contribution in [-0.2, 0) is 12.0 Å². The van der Waals surface area contributed by atoms with Gasteiger partial charge in [0.2, 0.25) is 0 Å². The fraction of sp³-hybridized carbons (Fsp3) is 0.407. The van der Waals surface area contributed by atoms with Crippen molar-refractivity contribution in [1.29, 1.82) is 0 Å². The fourth-order valence-corrected chi connectivity index (χ4v) is 6.27. The number of aromatic nitrogens is 1. The summed E-state index contributed by atoms with van der Waals surface area (Å²) in [5, 5.41) is 6.07. The molecule has 34 heavy (non-hydrogen) atoms. The lowest BCUT2D eigenvalue weighted by molar-refractivity contribution is 0.109. The number of rotatable bonds is 6. The number of pyridine rings is 1. The summed E-state index contributed by atoms with van der Waals surface area (Å²) in [5.41, 5.74) is 3.81. The van der Waals surface area contributed by atoms with Gasteiger partial charge in [-0.15, -0.1) is 11.3 Å². The summed E-state index contributed by atoms with van der Waals surface area (Å²) >= 11 is 1.22. The zero-order chi connectivity index (χ0) is 23.9. The van der Waals surface area contributed by atoms with E-state index in [2.05, 4.69) is 52.6 Å². The lowest BCUT2D eigenvalue weighted by Gasteiger charge is -2.43. The Morgan fingerprint density at radius 3 is 2.76 bits per heavy atom. The van der Waals surface area contributed by atoms with Crippen LogP contribution >= 0.6 is 11.3 Å². The van der Waals surface area contributed by atoms with Crippen molar-refractivity contribution in [3.05, 3.63) is 81.6 Å². The van der Waals surface area contributed by atoms with E-state index in [-0.39, 0.29) is 28.2 Å². The molecule has 1 aromatic carbocycles. The molecule has 1 saturated heterocycles. The van der Waals surface area contributed by atoms with Gasteiger partial charge in [-0.05, 0) is 82.0 Å². The van der Waals surface area contributed by atoms with E-state index in [0.29, 0.717) is 0 Å². The van der Waals surface area contributed by atoms with E-state index < -0.39 is 0 Å². The number of likely N-dealkylation sites (tertiary alicyclic amines) is 1. The highest BCUT2D eigenvalue weighted by molar-refractivity contribution is 7.10. The van der Waals surface area contributed by atoms with Crippen molar-refractivity contribution >= 4 is 23.1 Å². The normalized spacial score (nSPS) is 22.8. The highest BCUT2D eigenvalue weighted by Gasteiger charge is 2.50. The minimum atomic E-state index is -0.200. The molecule has 7 heteroatoms. The summed E-state index contributed by atoms with van der Waals surface area (Å²) in [6.07, 6.45) is 4.58. The Balaban J connectivity index is 1.49. The number of anilines is 1. The second-order valence-corrected chi connectivity index (χ2v) is 11.2. The molecule has 2 atom stereocenters. The number of halogens is 1. The Hall–Kier alpha value is -2.77. The first kappa shape index (κ1) is 23.0. The first-order valence-corrected chi connectivity index (χ1v) is 12.7. The fourth-order valence-electron chi connectivity index (χ4n) is 5.54. The number of aryl methyl sites for hydroxylation is 2. The van der Waals surface area contributed by atoms with Crippen molar-refractivity contribution < 1.29 is 9.18 Å². The lowest BCUT2D eigenvalue weighted by atomic mass is 9.71. The van der Waals surface area contributed by atoms with Gasteiger partial charge in [-0.3, -0.25) is 9.88 Å². The summed E-state index contributed by atoms with van der Waals surface area (Å²) in [7, 11) is 0. The first-order valence-electron chi connectivity index (χ1n) is 11.9. The van der Waals surface area contributed by atoms with Gasteiger partial charge in [0.1, 0.15) is 0 Å². The van der Waals surface area contributed by atoms with Crippen molar-refractivity contribution in [2.75, 3.05) is 18.4 Å². The van der Waals surface area contributed by atoms with Crippen molar-refractivity contribution in [1.82, 2.24) is 15.2 Å². The van der Waals surface area contributed by atoms with Crippen LogP contribution in [0.1, 0.15) is 54.4 Å². The molecule has 178 valence electrons. The molecule has 0 spiro atoms. The standard InChI is InChI=1S/C27H31FN4OS/c1-18-8-9-19(16-29-18)26(2,3)32-15-14-27(17-32,13-12-20-10-11-23(28)34-20)24-21-6-4-5-7-22(21)30-25(33)31-24/h4-11,16,24H,12-15,17H2,1-3H3,(H2,30,31,33)/t24-,27-/m1/s1. The number of hydrogen-bond donors (Lipinski definition) is 2. The number of fused-ring (bicyclic) bond motifs is 1. The molecule has 2 amide bonds. The van der Waals surface area contributed by atoms with Gasteiger partial charge in [0.15, 0.2) is 5.13 Å². The number of nitrogens with zero attached hydrogens (tertiary/aromatic N) is 2. The molecule has 5 rings (SSSR count). The Labute approximate surface area is 204 Å². The number of hydrogen-bond acceptors (Lipinski definition) is 4. The van der Waals surface area contributed by atoms with Gasteiger partial charge < -0.3 is 10.6 Å². The van der Waals surface area contributed by atoms with Gasteiger partial charge in [-0.2, -0.15) is 4.39 Å². The maximum Gasteiger partial charge on any atom is 0.319 e. The summed E-state index contributed by atoms with van der Waals surface area (Å²) in [4.78, 5) is 20.8. The van der Waals surface area contributed by atoms with Crippen LogP contribution in [0.15, 0.2) is 54.7 Å². The molecule has 2 N–H and O–H groups in total. The topological polar surface area (TPSA) is 57.3 Å². The van der Waals surface area contributed by atoms with Gasteiger partial charge in [-0.1, -0.05) is 24.3 Å². The van der Waals surface area contributed by atoms with E-state index in [1.807, 2.05) is 37.4 Å². The Bertz CT molecular complexity index is 1190. The second kappa shape index (κ2) is 8.78. The first-order chi connectivity index (χ1) is 16.3. The van der Waals surface area contributed by atoms with Crippen LogP contribution in [-0.4, -0.2) is 29.0 Å². The predicted molar refractivity (Wildman–Crippen MR) is 135 cm³/mol. The number of urea groups is 1. The minimum absolute atomic E-state index is 0.112. The molecule has 2 aliphatic heterocycles. The van der Waals surface area contributed by atoms with E-state index in [0.717, 1.165) is 54.2 Å². The zero-order valence-electron chi connectivity index (χ0n) is 19.9. The van der Waals surface area contributed by atoms with Crippen molar-refractivity contribution in [3.63, 3.8) is 0 Å². The van der Waals surface area contributed by atoms with E-state index >= 15 is 0 Å². The van der Waals surface area contributed by atoms with Gasteiger partial charge in [0.05, 0.1) is 6.04 Å². The van der Waals surface area contributed by atoms with Crippen LogP contribution in [0.4, 0.5) is 14.9 Å². The Kier molecular flexibility index (Phi) is 5.94. The molecule has 5 nitrogen and oxygen atoms in total. The van der Waals surface area contributed by atoms with Crippen LogP contribution in [0.25, 0.3) is 0 Å². The molecule has 0 saturated carbocycles. The van der Waals surface area contributed by atoms with Crippen molar-refractivity contribution in [2.24, 2.45) is 5.41 Å². The van der Waals surface area contributed by atoms with Gasteiger partial charge in [-0.25, -0.2) is 4.79 Å². The molecule has 2 aliphatic rings.